The molecule has 0 unspecified atom stereocenters. The van der Waals surface area contributed by atoms with Crippen molar-refractivity contribution in [3.63, 3.8) is 0 Å². The summed E-state index contributed by atoms with van der Waals surface area (Å²) in [6.45, 7) is 2.50. The van der Waals surface area contributed by atoms with E-state index in [1.807, 2.05) is 6.92 Å². The van der Waals surface area contributed by atoms with Gasteiger partial charge in [-0.3, -0.25) is 4.79 Å². The maximum absolute atomic E-state index is 14.4. The molecule has 0 aliphatic carbocycles. The SMILES string of the molecule is COc1cc2nc(N)n3nc([C@@H]4CC[C@H](C)N(C(=O)c5coc(CN)n5)C4)nc3c2cc1F. The predicted octanol–water partition coefficient (Wildman–Crippen LogP) is 1.86. The topological polar surface area (TPSA) is 151 Å². The van der Waals surface area contributed by atoms with Gasteiger partial charge in [0.15, 0.2) is 28.7 Å². The van der Waals surface area contributed by atoms with Gasteiger partial charge in [-0.25, -0.2) is 19.3 Å². The van der Waals surface area contributed by atoms with Crippen molar-refractivity contribution in [1.82, 2.24) is 29.5 Å². The highest BCUT2D eigenvalue weighted by molar-refractivity contribution is 5.93. The smallest absolute Gasteiger partial charge is 0.276 e. The van der Waals surface area contributed by atoms with E-state index in [2.05, 4.69) is 20.1 Å². The molecule has 33 heavy (non-hydrogen) atoms. The number of carbonyl (C=O) groups excluding carboxylic acids is 1. The van der Waals surface area contributed by atoms with Crippen LogP contribution in [-0.4, -0.2) is 55.1 Å². The van der Waals surface area contributed by atoms with Crippen LogP contribution in [0, 0.1) is 5.82 Å². The van der Waals surface area contributed by atoms with Gasteiger partial charge in [-0.05, 0) is 25.8 Å². The van der Waals surface area contributed by atoms with Gasteiger partial charge in [-0.1, -0.05) is 0 Å². The Bertz CT molecular complexity index is 1370. The molecule has 4 aromatic rings. The van der Waals surface area contributed by atoms with Gasteiger partial charge in [0, 0.05) is 30.0 Å². The number of hydrogen-bond donors (Lipinski definition) is 2. The Morgan fingerprint density at radius 1 is 1.30 bits per heavy atom. The second-order valence-corrected chi connectivity index (χ2v) is 8.09. The molecule has 1 saturated heterocycles. The molecule has 0 bridgehead atoms. The van der Waals surface area contributed by atoms with Crippen LogP contribution < -0.4 is 16.2 Å². The van der Waals surface area contributed by atoms with E-state index in [1.165, 1.54) is 30.0 Å². The Balaban J connectivity index is 1.50. The van der Waals surface area contributed by atoms with Gasteiger partial charge in [0.25, 0.3) is 5.91 Å². The number of benzene rings is 1. The van der Waals surface area contributed by atoms with Crippen molar-refractivity contribution in [2.45, 2.75) is 38.3 Å². The molecule has 1 fully saturated rings. The molecule has 1 aliphatic rings. The number of nitrogen functional groups attached to an aromatic ring is 1. The zero-order valence-corrected chi connectivity index (χ0v) is 18.2. The normalized spacial score (nSPS) is 18.8. The molecule has 172 valence electrons. The molecular weight excluding hydrogens is 431 g/mol. The summed E-state index contributed by atoms with van der Waals surface area (Å²) in [7, 11) is 1.38. The van der Waals surface area contributed by atoms with Gasteiger partial charge in [-0.15, -0.1) is 5.10 Å². The van der Waals surface area contributed by atoms with E-state index >= 15 is 0 Å². The van der Waals surface area contributed by atoms with Crippen LogP contribution in [0.5, 0.6) is 5.75 Å². The summed E-state index contributed by atoms with van der Waals surface area (Å²) in [6, 6.07) is 2.80. The first-order chi connectivity index (χ1) is 15.9. The van der Waals surface area contributed by atoms with Crippen molar-refractivity contribution in [3.05, 3.63) is 41.6 Å². The number of nitrogens with two attached hydrogens (primary N) is 2. The van der Waals surface area contributed by atoms with E-state index in [0.717, 1.165) is 12.8 Å². The van der Waals surface area contributed by atoms with Crippen LogP contribution in [0.4, 0.5) is 10.3 Å². The lowest BCUT2D eigenvalue weighted by Gasteiger charge is -2.36. The van der Waals surface area contributed by atoms with E-state index in [-0.39, 0.29) is 41.8 Å². The molecule has 4 N–H and O–H groups in total. The molecule has 0 saturated carbocycles. The minimum Gasteiger partial charge on any atom is -0.494 e. The second kappa shape index (κ2) is 7.96. The molecule has 5 rings (SSSR count). The molecule has 11 nitrogen and oxygen atoms in total. The minimum absolute atomic E-state index is 0.0120. The average Bonchev–Trinajstić information content (AvgIpc) is 3.47. The number of amides is 1. The quantitative estimate of drug-likeness (QED) is 0.471. The molecule has 2 atom stereocenters. The highest BCUT2D eigenvalue weighted by Crippen LogP contribution is 2.32. The lowest BCUT2D eigenvalue weighted by molar-refractivity contribution is 0.0600. The number of halogens is 1. The number of carbonyl (C=O) groups is 1. The van der Waals surface area contributed by atoms with Gasteiger partial charge in [0.2, 0.25) is 11.8 Å². The summed E-state index contributed by atoms with van der Waals surface area (Å²) in [5.74, 6) is 0.109. The van der Waals surface area contributed by atoms with E-state index in [0.29, 0.717) is 34.8 Å². The first kappa shape index (κ1) is 21.1. The van der Waals surface area contributed by atoms with Crippen molar-refractivity contribution in [2.75, 3.05) is 19.4 Å². The number of anilines is 1. The molecule has 1 aromatic carbocycles. The van der Waals surface area contributed by atoms with Gasteiger partial charge in [0.05, 0.1) is 19.2 Å². The van der Waals surface area contributed by atoms with Gasteiger partial charge < -0.3 is 25.5 Å². The number of aromatic nitrogens is 5. The van der Waals surface area contributed by atoms with Crippen LogP contribution in [0.2, 0.25) is 0 Å². The zero-order valence-electron chi connectivity index (χ0n) is 18.2. The number of oxazole rings is 1. The number of fused-ring (bicyclic) bond motifs is 3. The Morgan fingerprint density at radius 2 is 2.12 bits per heavy atom. The summed E-state index contributed by atoms with van der Waals surface area (Å²) >= 11 is 0. The zero-order chi connectivity index (χ0) is 23.3. The fourth-order valence-corrected chi connectivity index (χ4v) is 4.23. The Labute approximate surface area is 187 Å². The lowest BCUT2D eigenvalue weighted by atomic mass is 9.92. The van der Waals surface area contributed by atoms with Gasteiger partial charge in [0.1, 0.15) is 6.26 Å². The highest BCUT2D eigenvalue weighted by Gasteiger charge is 2.34. The molecule has 1 aliphatic heterocycles. The van der Waals surface area contributed by atoms with Crippen LogP contribution in [-0.2, 0) is 6.54 Å². The van der Waals surface area contributed by atoms with Crippen LogP contribution in [0.1, 0.15) is 47.9 Å². The number of nitrogens with zero attached hydrogens (tertiary/aromatic N) is 6. The standard InChI is InChI=1S/C21H23FN8O3/c1-10-3-4-11(8-29(10)20(31)15-9-33-17(7-23)25-15)18-27-19-12-5-13(22)16(32-2)6-14(12)26-21(24)30(19)28-18/h5-6,9-11H,3-4,7-8,23H2,1-2H3,(H2,24,26)/t10-,11+/m0/s1. The molecular formula is C21H23FN8O3. The van der Waals surface area contributed by atoms with E-state index in [9.17, 15) is 9.18 Å². The van der Waals surface area contributed by atoms with Crippen molar-refractivity contribution >= 4 is 28.4 Å². The monoisotopic (exact) mass is 454 g/mol. The Hall–Kier alpha value is -3.80. The molecule has 1 amide bonds. The Morgan fingerprint density at radius 3 is 2.85 bits per heavy atom. The summed E-state index contributed by atoms with van der Waals surface area (Å²) in [5.41, 5.74) is 12.7. The fourth-order valence-electron chi connectivity index (χ4n) is 4.23. The third-order valence-electron chi connectivity index (χ3n) is 6.04. The summed E-state index contributed by atoms with van der Waals surface area (Å²) in [6.07, 6.45) is 2.86. The summed E-state index contributed by atoms with van der Waals surface area (Å²) in [4.78, 5) is 27.9. The fraction of sp³-hybridized carbons (Fsp3) is 0.381. The van der Waals surface area contributed by atoms with Crippen LogP contribution in [0.3, 0.4) is 0 Å². The van der Waals surface area contributed by atoms with Crippen molar-refractivity contribution in [1.29, 1.82) is 0 Å². The number of piperidine rings is 1. The minimum atomic E-state index is -0.532. The lowest BCUT2D eigenvalue weighted by Crippen LogP contribution is -2.45. The predicted molar refractivity (Wildman–Crippen MR) is 116 cm³/mol. The maximum atomic E-state index is 14.4. The number of hydrogen-bond acceptors (Lipinski definition) is 9. The molecule has 0 spiro atoms. The third kappa shape index (κ3) is 3.52. The maximum Gasteiger partial charge on any atom is 0.276 e. The van der Waals surface area contributed by atoms with Gasteiger partial charge in [-0.2, -0.15) is 4.52 Å². The van der Waals surface area contributed by atoms with E-state index in [4.69, 9.17) is 20.6 Å². The van der Waals surface area contributed by atoms with E-state index < -0.39 is 5.82 Å². The van der Waals surface area contributed by atoms with Crippen LogP contribution in [0.25, 0.3) is 16.6 Å². The molecule has 4 heterocycles. The molecule has 0 radical (unpaired) electrons. The number of ether oxygens (including phenoxy) is 1. The number of likely N-dealkylation sites (tertiary alicyclic amines) is 1. The van der Waals surface area contributed by atoms with Gasteiger partial charge >= 0.3 is 0 Å². The summed E-state index contributed by atoms with van der Waals surface area (Å²) < 4.78 is 26.0. The second-order valence-electron chi connectivity index (χ2n) is 8.09. The largest absolute Gasteiger partial charge is 0.494 e. The van der Waals surface area contributed by atoms with Crippen molar-refractivity contribution in [3.8, 4) is 5.75 Å². The van der Waals surface area contributed by atoms with E-state index in [1.54, 1.807) is 4.90 Å². The highest BCUT2D eigenvalue weighted by atomic mass is 19.1. The summed E-state index contributed by atoms with van der Waals surface area (Å²) in [5, 5.41) is 5.01. The number of rotatable bonds is 4. The third-order valence-corrected chi connectivity index (χ3v) is 6.04. The van der Waals surface area contributed by atoms with Crippen molar-refractivity contribution < 1.29 is 18.3 Å². The molecule has 12 heteroatoms. The van der Waals surface area contributed by atoms with Crippen molar-refractivity contribution in [2.24, 2.45) is 5.73 Å². The molecule has 3 aromatic heterocycles. The first-order valence-corrected chi connectivity index (χ1v) is 10.5. The first-order valence-electron chi connectivity index (χ1n) is 10.5. The number of methoxy groups -OCH3 is 1. The van der Waals surface area contributed by atoms with Crippen LogP contribution >= 0.6 is 0 Å². The Kier molecular flexibility index (Phi) is 5.08. The van der Waals surface area contributed by atoms with Crippen LogP contribution in [0.15, 0.2) is 22.8 Å². The average molecular weight is 454 g/mol.